The molecule has 0 N–H and O–H groups in total. The number of nitrogens with zero attached hydrogens (tertiary/aromatic N) is 2. The van der Waals surface area contributed by atoms with Crippen molar-refractivity contribution in [3.63, 3.8) is 0 Å². The van der Waals surface area contributed by atoms with Gasteiger partial charge >= 0.3 is 0 Å². The molecule has 0 saturated carbocycles. The molecule has 3 rings (SSSR count). The predicted molar refractivity (Wildman–Crippen MR) is 108 cm³/mol. The molecule has 1 unspecified atom stereocenters. The van der Waals surface area contributed by atoms with E-state index in [0.717, 1.165) is 25.9 Å². The molecule has 1 saturated heterocycles. The predicted octanol–water partition coefficient (Wildman–Crippen LogP) is 4.04. The fourth-order valence-electron chi connectivity index (χ4n) is 3.31. The number of halogens is 1. The largest absolute Gasteiger partial charge is 0.338 e. The van der Waals surface area contributed by atoms with Crippen LogP contribution >= 0.6 is 11.6 Å². The molecule has 0 aromatic heterocycles. The molecule has 2 aromatic rings. The highest BCUT2D eigenvalue weighted by Crippen LogP contribution is 2.28. The summed E-state index contributed by atoms with van der Waals surface area (Å²) in [5.41, 5.74) is 0.812. The number of hydrogen-bond acceptors (Lipinski definition) is 3. The monoisotopic (exact) mass is 406 g/mol. The zero-order chi connectivity index (χ0) is 19.6. The number of carbonyl (C=O) groups is 1. The van der Waals surface area contributed by atoms with E-state index in [4.69, 9.17) is 11.6 Å². The Hall–Kier alpha value is -2.05. The first kappa shape index (κ1) is 19.7. The lowest BCUT2D eigenvalue weighted by atomic mass is 9.99. The van der Waals surface area contributed by atoms with E-state index in [-0.39, 0.29) is 15.8 Å². The first-order chi connectivity index (χ1) is 12.8. The van der Waals surface area contributed by atoms with Crippen LogP contribution in [0.4, 0.5) is 5.69 Å². The highest BCUT2D eigenvalue weighted by Gasteiger charge is 2.25. The second-order valence-electron chi connectivity index (χ2n) is 6.95. The summed E-state index contributed by atoms with van der Waals surface area (Å²) in [7, 11) is -2.22. The van der Waals surface area contributed by atoms with Gasteiger partial charge in [-0.3, -0.25) is 9.10 Å². The van der Waals surface area contributed by atoms with Crippen LogP contribution in [0.1, 0.15) is 30.1 Å². The molecule has 27 heavy (non-hydrogen) atoms. The summed E-state index contributed by atoms with van der Waals surface area (Å²) in [6.45, 7) is 3.58. The molecule has 2 aromatic carbocycles. The molecule has 1 heterocycles. The number of sulfonamides is 1. The first-order valence-electron chi connectivity index (χ1n) is 8.93. The fourth-order valence-corrected chi connectivity index (χ4v) is 4.77. The van der Waals surface area contributed by atoms with E-state index in [1.807, 2.05) is 4.90 Å². The molecule has 1 amide bonds. The summed E-state index contributed by atoms with van der Waals surface area (Å²) >= 11 is 6.35. The highest BCUT2D eigenvalue weighted by atomic mass is 35.5. The maximum Gasteiger partial charge on any atom is 0.264 e. The van der Waals surface area contributed by atoms with E-state index < -0.39 is 10.0 Å². The maximum atomic E-state index is 12.8. The minimum absolute atomic E-state index is 0.105. The van der Waals surface area contributed by atoms with Gasteiger partial charge in [0.15, 0.2) is 0 Å². The van der Waals surface area contributed by atoms with Crippen LogP contribution in [0.2, 0.25) is 5.02 Å². The highest BCUT2D eigenvalue weighted by molar-refractivity contribution is 7.92. The topological polar surface area (TPSA) is 57.7 Å². The zero-order valence-corrected chi connectivity index (χ0v) is 17.0. The Kier molecular flexibility index (Phi) is 5.77. The van der Waals surface area contributed by atoms with Crippen molar-refractivity contribution in [3.05, 3.63) is 59.1 Å². The van der Waals surface area contributed by atoms with Crippen molar-refractivity contribution < 1.29 is 13.2 Å². The lowest BCUT2D eigenvalue weighted by Crippen LogP contribution is -2.39. The third-order valence-corrected chi connectivity index (χ3v) is 7.01. The average molecular weight is 407 g/mol. The Morgan fingerprint density at radius 1 is 1.19 bits per heavy atom. The van der Waals surface area contributed by atoms with Gasteiger partial charge in [0.25, 0.3) is 15.9 Å². The molecule has 0 aliphatic carbocycles. The van der Waals surface area contributed by atoms with Gasteiger partial charge in [0.2, 0.25) is 0 Å². The minimum atomic E-state index is -3.69. The Morgan fingerprint density at radius 2 is 1.89 bits per heavy atom. The van der Waals surface area contributed by atoms with Gasteiger partial charge in [0.1, 0.15) is 0 Å². The second-order valence-corrected chi connectivity index (χ2v) is 9.32. The molecule has 0 spiro atoms. The van der Waals surface area contributed by atoms with Crippen LogP contribution in [0.15, 0.2) is 53.4 Å². The molecule has 1 aliphatic heterocycles. The van der Waals surface area contributed by atoms with Gasteiger partial charge in [-0.15, -0.1) is 0 Å². The summed E-state index contributed by atoms with van der Waals surface area (Å²) in [5.74, 6) is 0.370. The van der Waals surface area contributed by atoms with Gasteiger partial charge in [-0.2, -0.15) is 0 Å². The average Bonchev–Trinajstić information content (AvgIpc) is 2.67. The number of carbonyl (C=O) groups excluding carboxylic acids is 1. The van der Waals surface area contributed by atoms with E-state index in [1.54, 1.807) is 42.5 Å². The van der Waals surface area contributed by atoms with Crippen molar-refractivity contribution in [3.8, 4) is 0 Å². The fraction of sp³-hybridized carbons (Fsp3) is 0.350. The van der Waals surface area contributed by atoms with Crippen molar-refractivity contribution in [1.82, 2.24) is 4.90 Å². The number of rotatable bonds is 4. The SMILES string of the molecule is CC1CCCN(C(=O)c2ccc(N(C)S(=O)(=O)c3ccccc3)cc2Cl)C1. The summed E-state index contributed by atoms with van der Waals surface area (Å²) in [4.78, 5) is 14.8. The molecule has 1 atom stereocenters. The minimum Gasteiger partial charge on any atom is -0.338 e. The van der Waals surface area contributed by atoms with Crippen molar-refractivity contribution in [2.75, 3.05) is 24.4 Å². The van der Waals surface area contributed by atoms with E-state index in [9.17, 15) is 13.2 Å². The van der Waals surface area contributed by atoms with Crippen molar-refractivity contribution >= 4 is 33.2 Å². The van der Waals surface area contributed by atoms with Crippen LogP contribution in [0.3, 0.4) is 0 Å². The Morgan fingerprint density at radius 3 is 2.52 bits per heavy atom. The maximum absolute atomic E-state index is 12.8. The number of benzene rings is 2. The molecule has 5 nitrogen and oxygen atoms in total. The van der Waals surface area contributed by atoms with Crippen molar-refractivity contribution in [1.29, 1.82) is 0 Å². The number of piperidine rings is 1. The third kappa shape index (κ3) is 4.12. The van der Waals surface area contributed by atoms with Crippen LogP contribution in [0.5, 0.6) is 0 Å². The van der Waals surface area contributed by atoms with Gasteiger partial charge in [-0.1, -0.05) is 36.7 Å². The van der Waals surface area contributed by atoms with Gasteiger partial charge in [-0.05, 0) is 49.1 Å². The molecule has 1 fully saturated rings. The molecular weight excluding hydrogens is 384 g/mol. The van der Waals surface area contributed by atoms with Gasteiger partial charge in [-0.25, -0.2) is 8.42 Å². The number of anilines is 1. The van der Waals surface area contributed by atoms with E-state index in [2.05, 4.69) is 6.92 Å². The van der Waals surface area contributed by atoms with E-state index in [1.165, 1.54) is 17.4 Å². The molecule has 7 heteroatoms. The number of likely N-dealkylation sites (tertiary alicyclic amines) is 1. The first-order valence-corrected chi connectivity index (χ1v) is 10.8. The molecule has 1 aliphatic rings. The Bertz CT molecular complexity index is 931. The number of amides is 1. The van der Waals surface area contributed by atoms with Gasteiger partial charge in [0.05, 0.1) is 21.2 Å². The normalized spacial score (nSPS) is 17.6. The van der Waals surface area contributed by atoms with Crippen LogP contribution < -0.4 is 4.31 Å². The van der Waals surface area contributed by atoms with Crippen LogP contribution in [-0.4, -0.2) is 39.4 Å². The van der Waals surface area contributed by atoms with Gasteiger partial charge in [0, 0.05) is 20.1 Å². The number of hydrogen-bond donors (Lipinski definition) is 0. The van der Waals surface area contributed by atoms with Crippen molar-refractivity contribution in [2.24, 2.45) is 5.92 Å². The Balaban J connectivity index is 1.85. The van der Waals surface area contributed by atoms with Crippen LogP contribution in [0, 0.1) is 5.92 Å². The molecule has 144 valence electrons. The second kappa shape index (κ2) is 7.90. The van der Waals surface area contributed by atoms with Crippen LogP contribution in [-0.2, 0) is 10.0 Å². The smallest absolute Gasteiger partial charge is 0.264 e. The lowest BCUT2D eigenvalue weighted by molar-refractivity contribution is 0.0683. The summed E-state index contributed by atoms with van der Waals surface area (Å²) in [6, 6.07) is 13.0. The molecule has 0 radical (unpaired) electrons. The summed E-state index contributed by atoms with van der Waals surface area (Å²) < 4.78 is 26.7. The van der Waals surface area contributed by atoms with E-state index >= 15 is 0 Å². The Labute approximate surface area is 165 Å². The third-order valence-electron chi connectivity index (χ3n) is 4.89. The quantitative estimate of drug-likeness (QED) is 0.769. The summed E-state index contributed by atoms with van der Waals surface area (Å²) in [5, 5.41) is 0.255. The standard InChI is InChI=1S/C20H23ClN2O3S/c1-15-7-6-12-23(14-15)20(24)18-11-10-16(13-19(18)21)22(2)27(25,26)17-8-4-3-5-9-17/h3-5,8-11,13,15H,6-7,12,14H2,1-2H3. The lowest BCUT2D eigenvalue weighted by Gasteiger charge is -2.31. The van der Waals surface area contributed by atoms with Crippen LogP contribution in [0.25, 0.3) is 0 Å². The zero-order valence-electron chi connectivity index (χ0n) is 15.4. The molecular formula is C20H23ClN2O3S. The molecule has 0 bridgehead atoms. The summed E-state index contributed by atoms with van der Waals surface area (Å²) in [6.07, 6.45) is 2.11. The van der Waals surface area contributed by atoms with Crippen molar-refractivity contribution in [2.45, 2.75) is 24.7 Å². The van der Waals surface area contributed by atoms with Gasteiger partial charge < -0.3 is 4.90 Å². The van der Waals surface area contributed by atoms with E-state index in [0.29, 0.717) is 17.2 Å².